The highest BCUT2D eigenvalue weighted by Crippen LogP contribution is 2.11. The second-order valence-electron chi connectivity index (χ2n) is 5.14. The molecule has 1 N–H and O–H groups in total. The lowest BCUT2D eigenvalue weighted by Crippen LogP contribution is -2.45. The van der Waals surface area contributed by atoms with Crippen molar-refractivity contribution < 1.29 is 14.0 Å². The highest BCUT2D eigenvalue weighted by molar-refractivity contribution is 5.91. The summed E-state index contributed by atoms with van der Waals surface area (Å²) in [7, 11) is 0. The van der Waals surface area contributed by atoms with Gasteiger partial charge >= 0.3 is 0 Å². The van der Waals surface area contributed by atoms with E-state index < -0.39 is 0 Å². The summed E-state index contributed by atoms with van der Waals surface area (Å²) in [5.74, 6) is -0.518. The fraction of sp³-hybridized carbons (Fsp3) is 0.375. The van der Waals surface area contributed by atoms with Crippen molar-refractivity contribution in [2.45, 2.75) is 25.8 Å². The Morgan fingerprint density at radius 1 is 1.29 bits per heavy atom. The maximum absolute atomic E-state index is 13.4. The van der Waals surface area contributed by atoms with E-state index in [1.54, 1.807) is 30.0 Å². The Labute approximate surface area is 123 Å². The van der Waals surface area contributed by atoms with Gasteiger partial charge in [0.2, 0.25) is 11.8 Å². The molecular formula is C16H19FN2O2. The summed E-state index contributed by atoms with van der Waals surface area (Å²) in [5.41, 5.74) is 0.388. The number of nitrogens with one attached hydrogen (secondary N) is 1. The second-order valence-corrected chi connectivity index (χ2v) is 5.14. The van der Waals surface area contributed by atoms with Gasteiger partial charge in [-0.2, -0.15) is 0 Å². The lowest BCUT2D eigenvalue weighted by Gasteiger charge is -2.31. The quantitative estimate of drug-likeness (QED) is 0.865. The first-order chi connectivity index (χ1) is 10.1. The summed E-state index contributed by atoms with van der Waals surface area (Å²) in [6, 6.07) is 6.37. The number of piperidine rings is 1. The fourth-order valence-electron chi connectivity index (χ4n) is 2.36. The van der Waals surface area contributed by atoms with Gasteiger partial charge in [-0.15, -0.1) is 0 Å². The van der Waals surface area contributed by atoms with Crippen molar-refractivity contribution in [3.8, 4) is 0 Å². The van der Waals surface area contributed by atoms with E-state index in [0.29, 0.717) is 18.7 Å². The molecule has 1 aromatic carbocycles. The first-order valence-electron chi connectivity index (χ1n) is 7.05. The first-order valence-corrected chi connectivity index (χ1v) is 7.05. The van der Waals surface area contributed by atoms with Crippen LogP contribution in [-0.4, -0.2) is 35.8 Å². The molecule has 0 spiro atoms. The van der Waals surface area contributed by atoms with Crippen LogP contribution in [0.3, 0.4) is 0 Å². The number of likely N-dealkylation sites (tertiary alicyclic amines) is 1. The van der Waals surface area contributed by atoms with Crippen LogP contribution in [0.2, 0.25) is 0 Å². The van der Waals surface area contributed by atoms with E-state index in [0.717, 1.165) is 12.8 Å². The standard InChI is InChI=1S/C16H19FN2O2/c1-12(20)19-10-8-14(9-11-19)18-16(21)7-6-13-4-2-3-5-15(13)17/h2-7,14H,8-11H2,1H3,(H,18,21). The summed E-state index contributed by atoms with van der Waals surface area (Å²) in [6.07, 6.45) is 4.31. The predicted octanol–water partition coefficient (Wildman–Crippen LogP) is 1.97. The molecule has 0 aromatic heterocycles. The Morgan fingerprint density at radius 3 is 2.57 bits per heavy atom. The molecule has 5 heteroatoms. The number of hydrogen-bond donors (Lipinski definition) is 1. The van der Waals surface area contributed by atoms with E-state index in [4.69, 9.17) is 0 Å². The van der Waals surface area contributed by atoms with Crippen molar-refractivity contribution in [1.82, 2.24) is 10.2 Å². The van der Waals surface area contributed by atoms with Crippen molar-refractivity contribution in [1.29, 1.82) is 0 Å². The molecule has 2 rings (SSSR count). The summed E-state index contributed by atoms with van der Waals surface area (Å²) in [4.78, 5) is 24.8. The Hall–Kier alpha value is -2.17. The number of hydrogen-bond acceptors (Lipinski definition) is 2. The van der Waals surface area contributed by atoms with E-state index in [1.807, 2.05) is 0 Å². The smallest absolute Gasteiger partial charge is 0.244 e. The molecule has 1 aliphatic heterocycles. The molecule has 1 fully saturated rings. The molecular weight excluding hydrogens is 271 g/mol. The Bertz CT molecular complexity index is 549. The van der Waals surface area contributed by atoms with Crippen LogP contribution in [0.25, 0.3) is 6.08 Å². The zero-order valence-corrected chi connectivity index (χ0v) is 12.0. The molecule has 4 nitrogen and oxygen atoms in total. The van der Waals surface area contributed by atoms with Gasteiger partial charge in [0.05, 0.1) is 0 Å². The summed E-state index contributed by atoms with van der Waals surface area (Å²) < 4.78 is 13.4. The van der Waals surface area contributed by atoms with Crippen LogP contribution in [-0.2, 0) is 9.59 Å². The van der Waals surface area contributed by atoms with Crippen molar-refractivity contribution in [2.75, 3.05) is 13.1 Å². The van der Waals surface area contributed by atoms with Gasteiger partial charge in [0.15, 0.2) is 0 Å². The van der Waals surface area contributed by atoms with E-state index in [1.165, 1.54) is 18.2 Å². The number of halogens is 1. The lowest BCUT2D eigenvalue weighted by molar-refractivity contribution is -0.129. The van der Waals surface area contributed by atoms with Crippen LogP contribution in [0.1, 0.15) is 25.3 Å². The molecule has 1 aliphatic rings. The van der Waals surface area contributed by atoms with E-state index in [-0.39, 0.29) is 23.7 Å². The molecule has 112 valence electrons. The monoisotopic (exact) mass is 290 g/mol. The molecule has 0 radical (unpaired) electrons. The highest BCUT2D eigenvalue weighted by atomic mass is 19.1. The molecule has 1 aromatic rings. The van der Waals surface area contributed by atoms with E-state index in [9.17, 15) is 14.0 Å². The van der Waals surface area contributed by atoms with Crippen LogP contribution in [0.4, 0.5) is 4.39 Å². The molecule has 0 unspecified atom stereocenters. The fourth-order valence-corrected chi connectivity index (χ4v) is 2.36. The summed E-state index contributed by atoms with van der Waals surface area (Å²) in [6.45, 7) is 2.88. The van der Waals surface area contributed by atoms with Gasteiger partial charge in [0.1, 0.15) is 5.82 Å². The number of nitrogens with zero attached hydrogens (tertiary/aromatic N) is 1. The lowest BCUT2D eigenvalue weighted by atomic mass is 10.0. The molecule has 1 saturated heterocycles. The molecule has 0 saturated carbocycles. The summed E-state index contributed by atoms with van der Waals surface area (Å²) >= 11 is 0. The largest absolute Gasteiger partial charge is 0.350 e. The van der Waals surface area contributed by atoms with Crippen LogP contribution in [0.5, 0.6) is 0 Å². The van der Waals surface area contributed by atoms with Crippen LogP contribution < -0.4 is 5.32 Å². The predicted molar refractivity (Wildman–Crippen MR) is 78.9 cm³/mol. The van der Waals surface area contributed by atoms with Gasteiger partial charge in [-0.05, 0) is 25.0 Å². The van der Waals surface area contributed by atoms with Gasteiger partial charge < -0.3 is 10.2 Å². The van der Waals surface area contributed by atoms with Crippen molar-refractivity contribution in [3.63, 3.8) is 0 Å². The molecule has 0 aliphatic carbocycles. The third kappa shape index (κ3) is 4.41. The minimum Gasteiger partial charge on any atom is -0.350 e. The minimum atomic E-state index is -0.351. The normalized spacial score (nSPS) is 16.2. The third-order valence-corrected chi connectivity index (χ3v) is 3.61. The van der Waals surface area contributed by atoms with Crippen LogP contribution in [0, 0.1) is 5.82 Å². The first kappa shape index (κ1) is 15.2. The third-order valence-electron chi connectivity index (χ3n) is 3.61. The van der Waals surface area contributed by atoms with Gasteiger partial charge in [-0.3, -0.25) is 9.59 Å². The number of carbonyl (C=O) groups excluding carboxylic acids is 2. The maximum atomic E-state index is 13.4. The number of carbonyl (C=O) groups is 2. The van der Waals surface area contributed by atoms with Crippen LogP contribution >= 0.6 is 0 Å². The second kappa shape index (κ2) is 7.02. The number of rotatable bonds is 3. The Morgan fingerprint density at radius 2 is 1.95 bits per heavy atom. The minimum absolute atomic E-state index is 0.0679. The topological polar surface area (TPSA) is 49.4 Å². The van der Waals surface area contributed by atoms with Crippen molar-refractivity contribution in [3.05, 3.63) is 41.7 Å². The van der Waals surface area contributed by atoms with Gasteiger partial charge in [-0.25, -0.2) is 4.39 Å². The molecule has 21 heavy (non-hydrogen) atoms. The molecule has 0 atom stereocenters. The zero-order chi connectivity index (χ0) is 15.2. The molecule has 1 heterocycles. The van der Waals surface area contributed by atoms with Crippen molar-refractivity contribution in [2.24, 2.45) is 0 Å². The van der Waals surface area contributed by atoms with E-state index >= 15 is 0 Å². The average Bonchev–Trinajstić information content (AvgIpc) is 2.47. The Kier molecular flexibility index (Phi) is 5.09. The number of amides is 2. The SMILES string of the molecule is CC(=O)N1CCC(NC(=O)C=Cc2ccccc2F)CC1. The highest BCUT2D eigenvalue weighted by Gasteiger charge is 2.21. The van der Waals surface area contributed by atoms with E-state index in [2.05, 4.69) is 5.32 Å². The van der Waals surface area contributed by atoms with Crippen LogP contribution in [0.15, 0.2) is 30.3 Å². The molecule has 0 bridgehead atoms. The average molecular weight is 290 g/mol. The maximum Gasteiger partial charge on any atom is 0.244 e. The van der Waals surface area contributed by atoms with Gasteiger partial charge in [0.25, 0.3) is 0 Å². The number of benzene rings is 1. The summed E-state index contributed by atoms with van der Waals surface area (Å²) in [5, 5.41) is 2.88. The zero-order valence-electron chi connectivity index (χ0n) is 12.0. The van der Waals surface area contributed by atoms with Gasteiger partial charge in [-0.1, -0.05) is 18.2 Å². The Balaban J connectivity index is 1.83. The molecule has 2 amide bonds. The van der Waals surface area contributed by atoms with Crippen molar-refractivity contribution >= 4 is 17.9 Å². The van der Waals surface area contributed by atoms with Gasteiger partial charge in [0, 0.05) is 37.7 Å².